The Morgan fingerprint density at radius 1 is 1.07 bits per heavy atom. The number of hydrogen-bond donors (Lipinski definition) is 0. The molecule has 5 aromatic rings. The fourth-order valence-corrected chi connectivity index (χ4v) is 4.02. The van der Waals surface area contributed by atoms with Gasteiger partial charge < -0.3 is 0 Å². The second-order valence-corrected chi connectivity index (χ2v) is 7.58. The maximum absolute atomic E-state index is 12.4. The molecule has 29 heavy (non-hydrogen) atoms. The Labute approximate surface area is 170 Å². The summed E-state index contributed by atoms with van der Waals surface area (Å²) in [6.45, 7) is 1.95. The maximum atomic E-state index is 12.4. The Bertz CT molecular complexity index is 1390. The zero-order valence-electron chi connectivity index (χ0n) is 15.6. The summed E-state index contributed by atoms with van der Waals surface area (Å²) < 4.78 is 3.36. The summed E-state index contributed by atoms with van der Waals surface area (Å²) in [7, 11) is 0. The van der Waals surface area contributed by atoms with Crippen molar-refractivity contribution >= 4 is 28.4 Å². The van der Waals surface area contributed by atoms with Gasteiger partial charge in [-0.2, -0.15) is 5.10 Å². The number of benzene rings is 1. The van der Waals surface area contributed by atoms with E-state index in [4.69, 9.17) is 0 Å². The number of aryl methyl sites for hydroxylation is 1. The second-order valence-electron chi connectivity index (χ2n) is 6.62. The van der Waals surface area contributed by atoms with Gasteiger partial charge in [-0.15, -0.1) is 0 Å². The molecule has 0 atom stereocenters. The molecule has 0 aliphatic rings. The van der Waals surface area contributed by atoms with E-state index in [-0.39, 0.29) is 5.56 Å². The van der Waals surface area contributed by atoms with Crippen LogP contribution in [0.4, 0.5) is 0 Å². The van der Waals surface area contributed by atoms with Crippen molar-refractivity contribution in [3.63, 3.8) is 0 Å². The van der Waals surface area contributed by atoms with Crippen molar-refractivity contribution in [2.75, 3.05) is 0 Å². The Morgan fingerprint density at radius 2 is 1.93 bits per heavy atom. The Balaban J connectivity index is 1.47. The van der Waals surface area contributed by atoms with E-state index in [1.54, 1.807) is 27.5 Å². The lowest BCUT2D eigenvalue weighted by Crippen LogP contribution is -2.15. The van der Waals surface area contributed by atoms with Crippen LogP contribution in [0.2, 0.25) is 0 Å². The summed E-state index contributed by atoms with van der Waals surface area (Å²) >= 11 is 1.52. The van der Waals surface area contributed by atoms with Gasteiger partial charge in [-0.3, -0.25) is 9.20 Å². The molecule has 0 saturated heterocycles. The average Bonchev–Trinajstić information content (AvgIpc) is 3.18. The minimum absolute atomic E-state index is 0.0842. The summed E-state index contributed by atoms with van der Waals surface area (Å²) in [5, 5.41) is 6.15. The number of para-hydroxylation sites is 1. The van der Waals surface area contributed by atoms with Gasteiger partial charge in [0.25, 0.3) is 5.56 Å². The smallest absolute Gasteiger partial charge is 0.258 e. The van der Waals surface area contributed by atoms with Crippen LogP contribution in [0, 0.1) is 6.92 Å². The van der Waals surface area contributed by atoms with E-state index in [0.717, 1.165) is 27.3 Å². The van der Waals surface area contributed by atoms with Gasteiger partial charge in [-0.05, 0) is 30.7 Å². The van der Waals surface area contributed by atoms with Crippen LogP contribution in [0.3, 0.4) is 0 Å². The number of aromatic nitrogens is 6. The molecule has 0 fully saturated rings. The molecule has 0 amide bonds. The van der Waals surface area contributed by atoms with E-state index in [1.807, 2.05) is 49.4 Å². The van der Waals surface area contributed by atoms with Crippen LogP contribution in [0.25, 0.3) is 22.4 Å². The Hall–Kier alpha value is -3.52. The van der Waals surface area contributed by atoms with Crippen LogP contribution in [-0.2, 0) is 5.75 Å². The van der Waals surface area contributed by atoms with Crippen LogP contribution < -0.4 is 5.56 Å². The molecule has 4 heterocycles. The number of pyridine rings is 1. The van der Waals surface area contributed by atoms with Crippen molar-refractivity contribution in [2.24, 2.45) is 0 Å². The first-order valence-corrected chi connectivity index (χ1v) is 10.0. The van der Waals surface area contributed by atoms with Gasteiger partial charge in [-0.1, -0.05) is 36.0 Å². The molecule has 0 N–H and O–H groups in total. The third-order valence-corrected chi connectivity index (χ3v) is 5.59. The first-order chi connectivity index (χ1) is 14.2. The van der Waals surface area contributed by atoms with Gasteiger partial charge in [0.1, 0.15) is 17.0 Å². The van der Waals surface area contributed by atoms with Crippen molar-refractivity contribution in [1.82, 2.24) is 29.1 Å². The highest BCUT2D eigenvalue weighted by Gasteiger charge is 2.12. The minimum atomic E-state index is -0.0842. The predicted octanol–water partition coefficient (Wildman–Crippen LogP) is 3.42. The van der Waals surface area contributed by atoms with E-state index in [2.05, 4.69) is 20.1 Å². The zero-order chi connectivity index (χ0) is 19.8. The lowest BCUT2D eigenvalue weighted by atomic mass is 10.3. The minimum Gasteiger partial charge on any atom is -0.269 e. The number of thioether (sulfide) groups is 1. The average molecular weight is 400 g/mol. The van der Waals surface area contributed by atoms with Crippen molar-refractivity contribution in [2.45, 2.75) is 17.7 Å². The highest BCUT2D eigenvalue weighted by atomic mass is 32.2. The molecule has 1 aromatic carbocycles. The van der Waals surface area contributed by atoms with Crippen molar-refractivity contribution < 1.29 is 0 Å². The van der Waals surface area contributed by atoms with Crippen molar-refractivity contribution in [3.05, 3.63) is 88.9 Å². The molecule has 5 rings (SSSR count). The molecule has 0 aliphatic carbocycles. The SMILES string of the molecule is Cc1ccc2nc(CSc3ncnc4c3cnn4-c3ccccc3)cc(=O)n2c1. The van der Waals surface area contributed by atoms with Gasteiger partial charge in [-0.25, -0.2) is 19.6 Å². The highest BCUT2D eigenvalue weighted by molar-refractivity contribution is 7.98. The maximum Gasteiger partial charge on any atom is 0.258 e. The lowest BCUT2D eigenvalue weighted by molar-refractivity contribution is 0.893. The summed E-state index contributed by atoms with van der Waals surface area (Å²) in [4.78, 5) is 25.8. The fraction of sp³-hybridized carbons (Fsp3) is 0.0952. The molecule has 0 spiro atoms. The lowest BCUT2D eigenvalue weighted by Gasteiger charge is -2.06. The zero-order valence-corrected chi connectivity index (χ0v) is 16.4. The highest BCUT2D eigenvalue weighted by Crippen LogP contribution is 2.27. The molecule has 142 valence electrons. The first kappa shape index (κ1) is 17.6. The van der Waals surface area contributed by atoms with E-state index < -0.39 is 0 Å². The molecule has 0 saturated carbocycles. The fourth-order valence-electron chi connectivity index (χ4n) is 3.17. The van der Waals surface area contributed by atoms with Gasteiger partial charge in [0.05, 0.1) is 23.0 Å². The van der Waals surface area contributed by atoms with Gasteiger partial charge in [0, 0.05) is 18.0 Å². The normalized spacial score (nSPS) is 11.3. The third-order valence-electron chi connectivity index (χ3n) is 4.55. The first-order valence-electron chi connectivity index (χ1n) is 9.05. The summed E-state index contributed by atoms with van der Waals surface area (Å²) in [5.41, 5.74) is 3.98. The molecule has 8 heteroatoms. The van der Waals surface area contributed by atoms with Crippen LogP contribution in [-0.4, -0.2) is 29.1 Å². The molecule has 4 aromatic heterocycles. The predicted molar refractivity (Wildman–Crippen MR) is 112 cm³/mol. The summed E-state index contributed by atoms with van der Waals surface area (Å²) in [5.74, 6) is 0.530. The molecule has 0 radical (unpaired) electrons. The van der Waals surface area contributed by atoms with E-state index in [0.29, 0.717) is 17.1 Å². The van der Waals surface area contributed by atoms with E-state index in [9.17, 15) is 4.79 Å². The molecule has 7 nitrogen and oxygen atoms in total. The van der Waals surface area contributed by atoms with Crippen molar-refractivity contribution in [1.29, 1.82) is 0 Å². The second kappa shape index (κ2) is 7.14. The van der Waals surface area contributed by atoms with Crippen LogP contribution in [0.15, 0.2) is 77.1 Å². The molecular formula is C21H16N6OS. The number of fused-ring (bicyclic) bond motifs is 2. The molecule has 0 bridgehead atoms. The van der Waals surface area contributed by atoms with Crippen molar-refractivity contribution in [3.8, 4) is 5.69 Å². The number of rotatable bonds is 4. The standard InChI is InChI=1S/C21H16N6OS/c1-14-7-8-18-25-15(9-19(28)26(18)11-14)12-29-21-17-10-24-27(20(17)22-13-23-21)16-5-3-2-4-6-16/h2-11,13H,12H2,1H3. The van der Waals surface area contributed by atoms with Gasteiger partial charge in [0.15, 0.2) is 5.65 Å². The largest absolute Gasteiger partial charge is 0.269 e. The third kappa shape index (κ3) is 3.27. The molecule has 0 unspecified atom stereocenters. The quantitative estimate of drug-likeness (QED) is 0.340. The van der Waals surface area contributed by atoms with Crippen LogP contribution in [0.5, 0.6) is 0 Å². The summed E-state index contributed by atoms with van der Waals surface area (Å²) in [6.07, 6.45) is 5.11. The topological polar surface area (TPSA) is 78.0 Å². The number of hydrogen-bond acceptors (Lipinski definition) is 6. The van der Waals surface area contributed by atoms with Gasteiger partial charge >= 0.3 is 0 Å². The molecule has 0 aliphatic heterocycles. The van der Waals surface area contributed by atoms with Gasteiger partial charge in [0.2, 0.25) is 0 Å². The van der Waals surface area contributed by atoms with Crippen LogP contribution >= 0.6 is 11.8 Å². The van der Waals surface area contributed by atoms with E-state index >= 15 is 0 Å². The molecular weight excluding hydrogens is 384 g/mol. The Kier molecular flexibility index (Phi) is 4.33. The Morgan fingerprint density at radius 3 is 2.79 bits per heavy atom. The monoisotopic (exact) mass is 400 g/mol. The van der Waals surface area contributed by atoms with Crippen LogP contribution in [0.1, 0.15) is 11.3 Å². The summed E-state index contributed by atoms with van der Waals surface area (Å²) in [6, 6.07) is 15.2. The van der Waals surface area contributed by atoms with E-state index in [1.165, 1.54) is 18.1 Å². The number of nitrogens with zero attached hydrogens (tertiary/aromatic N) is 6.